The SMILES string of the molecule is CC1=C(C(=O)O[C@@H](C)C(=O)OC(C)C)[C@H](c2ccc(F)cc2Cl)N=C(c2nccs2)N1. The molecular weight excluding hydrogens is 445 g/mol. The average Bonchev–Trinajstić information content (AvgIpc) is 3.21. The van der Waals surface area contributed by atoms with E-state index in [4.69, 9.17) is 21.1 Å². The van der Waals surface area contributed by atoms with Gasteiger partial charge in [-0.05, 0) is 39.8 Å². The van der Waals surface area contributed by atoms with E-state index in [1.165, 1.54) is 30.4 Å². The van der Waals surface area contributed by atoms with Gasteiger partial charge in [0.15, 0.2) is 16.9 Å². The minimum atomic E-state index is -1.12. The Labute approximate surface area is 187 Å². The van der Waals surface area contributed by atoms with Crippen molar-refractivity contribution >= 4 is 40.7 Å². The van der Waals surface area contributed by atoms with E-state index >= 15 is 0 Å². The predicted octanol–water partition coefficient (Wildman–Crippen LogP) is 4.18. The molecule has 2 aromatic rings. The van der Waals surface area contributed by atoms with Crippen molar-refractivity contribution in [2.75, 3.05) is 0 Å². The van der Waals surface area contributed by atoms with Gasteiger partial charge in [0.25, 0.3) is 0 Å². The van der Waals surface area contributed by atoms with Crippen LogP contribution in [0.15, 0.2) is 46.0 Å². The molecule has 0 fully saturated rings. The zero-order chi connectivity index (χ0) is 22.7. The Morgan fingerprint density at radius 3 is 2.61 bits per heavy atom. The molecule has 0 saturated carbocycles. The lowest BCUT2D eigenvalue weighted by atomic mass is 9.96. The number of hydrogen-bond acceptors (Lipinski definition) is 8. The van der Waals surface area contributed by atoms with Crippen molar-refractivity contribution in [3.05, 3.63) is 62.5 Å². The minimum absolute atomic E-state index is 0.111. The van der Waals surface area contributed by atoms with Crippen molar-refractivity contribution in [2.24, 2.45) is 4.99 Å². The topological polar surface area (TPSA) is 89.9 Å². The summed E-state index contributed by atoms with van der Waals surface area (Å²) < 4.78 is 24.1. The Balaban J connectivity index is 1.97. The fourth-order valence-electron chi connectivity index (χ4n) is 2.94. The third-order valence-corrected chi connectivity index (χ3v) is 5.43. The van der Waals surface area contributed by atoms with Gasteiger partial charge in [0.2, 0.25) is 0 Å². The summed E-state index contributed by atoms with van der Waals surface area (Å²) >= 11 is 7.64. The Morgan fingerprint density at radius 1 is 1.26 bits per heavy atom. The third kappa shape index (κ3) is 5.29. The smallest absolute Gasteiger partial charge is 0.347 e. The molecule has 2 heterocycles. The van der Waals surface area contributed by atoms with E-state index in [0.717, 1.165) is 6.07 Å². The second-order valence-corrected chi connectivity index (χ2v) is 8.38. The molecule has 0 aliphatic carbocycles. The molecule has 3 rings (SSSR count). The van der Waals surface area contributed by atoms with Gasteiger partial charge >= 0.3 is 11.9 Å². The van der Waals surface area contributed by atoms with Crippen LogP contribution in [0.25, 0.3) is 0 Å². The fraction of sp³-hybridized carbons (Fsp3) is 0.333. The first-order valence-electron chi connectivity index (χ1n) is 9.49. The van der Waals surface area contributed by atoms with Crippen LogP contribution >= 0.6 is 22.9 Å². The number of aromatic nitrogens is 1. The van der Waals surface area contributed by atoms with Crippen molar-refractivity contribution in [2.45, 2.75) is 45.9 Å². The van der Waals surface area contributed by atoms with E-state index in [1.807, 2.05) is 0 Å². The fourth-order valence-corrected chi connectivity index (χ4v) is 3.80. The van der Waals surface area contributed by atoms with Gasteiger partial charge in [-0.25, -0.2) is 19.0 Å². The lowest BCUT2D eigenvalue weighted by Crippen LogP contribution is -2.35. The summed E-state index contributed by atoms with van der Waals surface area (Å²) in [6, 6.07) is 2.98. The highest BCUT2D eigenvalue weighted by molar-refractivity contribution is 7.11. The first kappa shape index (κ1) is 22.9. The van der Waals surface area contributed by atoms with E-state index in [9.17, 15) is 14.0 Å². The summed E-state index contributed by atoms with van der Waals surface area (Å²) in [6.07, 6.45) is 0.167. The van der Waals surface area contributed by atoms with Gasteiger partial charge < -0.3 is 14.8 Å². The van der Waals surface area contributed by atoms with Crippen LogP contribution < -0.4 is 5.32 Å². The number of ether oxygens (including phenoxy) is 2. The Morgan fingerprint density at radius 2 is 2.00 bits per heavy atom. The molecule has 1 N–H and O–H groups in total. The molecule has 1 aromatic heterocycles. The van der Waals surface area contributed by atoms with Gasteiger partial charge in [0, 0.05) is 27.9 Å². The number of carbonyl (C=O) groups excluding carboxylic acids is 2. The normalized spacial score (nSPS) is 17.1. The average molecular weight is 466 g/mol. The zero-order valence-corrected chi connectivity index (χ0v) is 18.9. The second-order valence-electron chi connectivity index (χ2n) is 7.08. The highest BCUT2D eigenvalue weighted by Gasteiger charge is 2.34. The zero-order valence-electron chi connectivity index (χ0n) is 17.3. The van der Waals surface area contributed by atoms with E-state index in [2.05, 4.69) is 15.3 Å². The first-order valence-corrected chi connectivity index (χ1v) is 10.7. The van der Waals surface area contributed by atoms with Crippen LogP contribution in [0.1, 0.15) is 44.3 Å². The summed E-state index contributed by atoms with van der Waals surface area (Å²) in [6.45, 7) is 6.51. The molecule has 7 nitrogen and oxygen atoms in total. The molecule has 164 valence electrons. The molecule has 1 aromatic carbocycles. The van der Waals surface area contributed by atoms with Gasteiger partial charge in [0.1, 0.15) is 11.9 Å². The van der Waals surface area contributed by atoms with Gasteiger partial charge in [-0.15, -0.1) is 11.3 Å². The maximum Gasteiger partial charge on any atom is 0.347 e. The van der Waals surface area contributed by atoms with Crippen LogP contribution in [0.2, 0.25) is 5.02 Å². The van der Waals surface area contributed by atoms with E-state index < -0.39 is 29.9 Å². The number of carbonyl (C=O) groups is 2. The lowest BCUT2D eigenvalue weighted by molar-refractivity contribution is -0.167. The van der Waals surface area contributed by atoms with Crippen LogP contribution in [-0.2, 0) is 19.1 Å². The number of benzene rings is 1. The highest BCUT2D eigenvalue weighted by Crippen LogP contribution is 2.36. The Bertz CT molecular complexity index is 1050. The maximum absolute atomic E-state index is 13.6. The molecule has 2 atom stereocenters. The molecule has 0 bridgehead atoms. The summed E-state index contributed by atoms with van der Waals surface area (Å²) in [4.78, 5) is 34.0. The van der Waals surface area contributed by atoms with Crippen molar-refractivity contribution in [1.82, 2.24) is 10.3 Å². The van der Waals surface area contributed by atoms with E-state index in [0.29, 0.717) is 22.1 Å². The molecule has 1 aliphatic heterocycles. The van der Waals surface area contributed by atoms with Gasteiger partial charge in [-0.2, -0.15) is 0 Å². The van der Waals surface area contributed by atoms with Crippen LogP contribution in [-0.4, -0.2) is 35.0 Å². The standard InChI is InChI=1S/C21H21ClFN3O4S/c1-10(2)29-20(27)12(4)30-21(28)16-11(3)25-18(19-24-7-8-31-19)26-17(16)14-6-5-13(23)9-15(14)22/h5-10,12,17H,1-4H3,(H,25,26)/t12-,17-/m0/s1. The summed E-state index contributed by atoms with van der Waals surface area (Å²) in [5.41, 5.74) is 1.03. The van der Waals surface area contributed by atoms with Crippen LogP contribution in [0.5, 0.6) is 0 Å². The lowest BCUT2D eigenvalue weighted by Gasteiger charge is -2.26. The van der Waals surface area contributed by atoms with Crippen LogP contribution in [0, 0.1) is 5.82 Å². The number of aliphatic imine (C=N–C) groups is 1. The first-order chi connectivity index (χ1) is 14.7. The van der Waals surface area contributed by atoms with Crippen molar-refractivity contribution in [1.29, 1.82) is 0 Å². The van der Waals surface area contributed by atoms with Crippen molar-refractivity contribution < 1.29 is 23.5 Å². The van der Waals surface area contributed by atoms with E-state index in [1.54, 1.807) is 32.3 Å². The molecule has 1 aliphatic rings. The summed E-state index contributed by atoms with van der Waals surface area (Å²) in [5.74, 6) is -1.48. The molecule has 0 spiro atoms. The number of allylic oxidation sites excluding steroid dienone is 1. The van der Waals surface area contributed by atoms with Gasteiger partial charge in [-0.1, -0.05) is 17.7 Å². The Kier molecular flexibility index (Phi) is 7.07. The third-order valence-electron chi connectivity index (χ3n) is 4.32. The number of nitrogens with zero attached hydrogens (tertiary/aromatic N) is 2. The maximum atomic E-state index is 13.6. The number of amidine groups is 1. The second kappa shape index (κ2) is 9.57. The van der Waals surface area contributed by atoms with Crippen molar-refractivity contribution in [3.8, 4) is 0 Å². The molecular formula is C21H21ClFN3O4S. The number of rotatable bonds is 6. The number of thiazole rings is 1. The monoisotopic (exact) mass is 465 g/mol. The number of nitrogens with one attached hydrogen (secondary N) is 1. The highest BCUT2D eigenvalue weighted by atomic mass is 35.5. The number of esters is 2. The largest absolute Gasteiger partial charge is 0.460 e. The van der Waals surface area contributed by atoms with E-state index in [-0.39, 0.29) is 16.7 Å². The quantitative estimate of drug-likeness (QED) is 0.643. The molecule has 31 heavy (non-hydrogen) atoms. The summed E-state index contributed by atoms with van der Waals surface area (Å²) in [7, 11) is 0. The minimum Gasteiger partial charge on any atom is -0.460 e. The van der Waals surface area contributed by atoms with Crippen LogP contribution in [0.3, 0.4) is 0 Å². The Hall–Kier alpha value is -2.78. The molecule has 0 amide bonds. The molecule has 10 heteroatoms. The molecule has 0 radical (unpaired) electrons. The molecule has 0 saturated heterocycles. The van der Waals surface area contributed by atoms with Gasteiger partial charge in [0.05, 0.1) is 11.7 Å². The molecule has 0 unspecified atom stereocenters. The number of hydrogen-bond donors (Lipinski definition) is 1. The van der Waals surface area contributed by atoms with Crippen LogP contribution in [0.4, 0.5) is 4.39 Å². The predicted molar refractivity (Wildman–Crippen MR) is 115 cm³/mol. The number of halogens is 2. The van der Waals surface area contributed by atoms with Crippen molar-refractivity contribution in [3.63, 3.8) is 0 Å². The van der Waals surface area contributed by atoms with Gasteiger partial charge in [-0.3, -0.25) is 4.99 Å². The summed E-state index contributed by atoms with van der Waals surface area (Å²) in [5, 5.41) is 5.58.